The minimum Gasteiger partial charge on any atom is -0.392 e. The molecule has 0 radical (unpaired) electrons. The second-order valence-electron chi connectivity index (χ2n) is 6.09. The largest absolute Gasteiger partial charge is 0.392 e. The van der Waals surface area contributed by atoms with Gasteiger partial charge in [0.2, 0.25) is 0 Å². The van der Waals surface area contributed by atoms with Crippen molar-refractivity contribution in [2.75, 3.05) is 6.61 Å². The maximum atomic E-state index is 10.0. The molecule has 1 spiro atoms. The summed E-state index contributed by atoms with van der Waals surface area (Å²) in [4.78, 5) is 0. The van der Waals surface area contributed by atoms with Gasteiger partial charge in [0.05, 0.1) is 12.2 Å². The quantitative estimate of drug-likeness (QED) is 0.798. The molecule has 0 heterocycles. The zero-order valence-corrected chi connectivity index (χ0v) is 10.7. The van der Waals surface area contributed by atoms with Gasteiger partial charge >= 0.3 is 0 Å². The molecular formula is C14H26O2. The van der Waals surface area contributed by atoms with E-state index in [1.807, 2.05) is 0 Å². The fourth-order valence-electron chi connectivity index (χ4n) is 3.27. The van der Waals surface area contributed by atoms with Gasteiger partial charge in [0.15, 0.2) is 0 Å². The maximum Gasteiger partial charge on any atom is 0.0680 e. The first-order valence-corrected chi connectivity index (χ1v) is 6.95. The molecule has 0 amide bonds. The molecule has 0 aliphatic heterocycles. The van der Waals surface area contributed by atoms with Gasteiger partial charge in [0, 0.05) is 18.4 Å². The van der Waals surface area contributed by atoms with Crippen LogP contribution in [0.4, 0.5) is 0 Å². The number of hydrogen-bond acceptors (Lipinski definition) is 2. The van der Waals surface area contributed by atoms with Crippen molar-refractivity contribution >= 4 is 0 Å². The Bertz CT molecular complexity index is 219. The maximum absolute atomic E-state index is 10.0. The van der Waals surface area contributed by atoms with Crippen LogP contribution in [0.5, 0.6) is 0 Å². The molecule has 2 unspecified atom stereocenters. The van der Waals surface area contributed by atoms with Gasteiger partial charge in [-0.2, -0.15) is 0 Å². The van der Waals surface area contributed by atoms with Crippen molar-refractivity contribution < 1.29 is 9.84 Å². The van der Waals surface area contributed by atoms with Gasteiger partial charge in [-0.25, -0.2) is 0 Å². The Morgan fingerprint density at radius 1 is 1.25 bits per heavy atom. The summed E-state index contributed by atoms with van der Waals surface area (Å²) in [6, 6.07) is 0. The fourth-order valence-corrected chi connectivity index (χ4v) is 3.27. The summed E-state index contributed by atoms with van der Waals surface area (Å²) in [7, 11) is 0. The highest BCUT2D eigenvalue weighted by Gasteiger charge is 2.54. The smallest absolute Gasteiger partial charge is 0.0680 e. The second kappa shape index (κ2) is 5.05. The zero-order chi connectivity index (χ0) is 11.6. The first-order chi connectivity index (χ1) is 7.65. The van der Waals surface area contributed by atoms with E-state index in [1.54, 1.807) is 0 Å². The average molecular weight is 226 g/mol. The molecule has 1 N–H and O–H groups in total. The molecule has 2 atom stereocenters. The number of rotatable bonds is 4. The first-order valence-electron chi connectivity index (χ1n) is 6.95. The van der Waals surface area contributed by atoms with Crippen LogP contribution < -0.4 is 0 Å². The Labute approximate surface area is 99.4 Å². The summed E-state index contributed by atoms with van der Waals surface area (Å²) >= 11 is 0. The molecule has 2 nitrogen and oxygen atoms in total. The lowest BCUT2D eigenvalue weighted by molar-refractivity contribution is -0.206. The van der Waals surface area contributed by atoms with Gasteiger partial charge < -0.3 is 9.84 Å². The van der Waals surface area contributed by atoms with Gasteiger partial charge in [-0.1, -0.05) is 33.1 Å². The molecule has 2 fully saturated rings. The number of hydrogen-bond donors (Lipinski definition) is 1. The van der Waals surface area contributed by atoms with E-state index >= 15 is 0 Å². The van der Waals surface area contributed by atoms with Crippen molar-refractivity contribution in [2.24, 2.45) is 11.3 Å². The number of aliphatic hydroxyl groups excluding tert-OH is 1. The molecule has 0 aromatic carbocycles. The normalized spacial score (nSPS) is 33.0. The van der Waals surface area contributed by atoms with Crippen molar-refractivity contribution in [1.82, 2.24) is 0 Å². The van der Waals surface area contributed by atoms with Gasteiger partial charge in [-0.3, -0.25) is 0 Å². The van der Waals surface area contributed by atoms with E-state index in [9.17, 15) is 5.11 Å². The lowest BCUT2D eigenvalue weighted by Gasteiger charge is -2.55. The highest BCUT2D eigenvalue weighted by molar-refractivity contribution is 5.05. The van der Waals surface area contributed by atoms with Crippen LogP contribution in [0.1, 0.15) is 58.8 Å². The molecule has 2 rings (SSSR count). The van der Waals surface area contributed by atoms with Gasteiger partial charge in [0.25, 0.3) is 0 Å². The van der Waals surface area contributed by atoms with Crippen LogP contribution in [0, 0.1) is 11.3 Å². The summed E-state index contributed by atoms with van der Waals surface area (Å²) in [5.41, 5.74) is 0.148. The summed E-state index contributed by atoms with van der Waals surface area (Å²) in [6.45, 7) is 5.33. The summed E-state index contributed by atoms with van der Waals surface area (Å²) in [5.74, 6) is 0.715. The SMILES string of the molecule is CC(C)CCOC1CC(O)C12CCCCC2. The van der Waals surface area contributed by atoms with Crippen molar-refractivity contribution in [3.8, 4) is 0 Å². The molecule has 2 aliphatic carbocycles. The predicted octanol–water partition coefficient (Wildman–Crippen LogP) is 3.13. The third-order valence-corrected chi connectivity index (χ3v) is 4.54. The molecule has 94 valence electrons. The predicted molar refractivity (Wildman–Crippen MR) is 65.3 cm³/mol. The molecule has 2 saturated carbocycles. The highest BCUT2D eigenvalue weighted by atomic mass is 16.5. The van der Waals surface area contributed by atoms with Crippen LogP contribution in [-0.4, -0.2) is 23.9 Å². The van der Waals surface area contributed by atoms with Crippen molar-refractivity contribution in [3.63, 3.8) is 0 Å². The average Bonchev–Trinajstić information content (AvgIpc) is 2.29. The second-order valence-corrected chi connectivity index (χ2v) is 6.09. The van der Waals surface area contributed by atoms with Crippen LogP contribution in [0.3, 0.4) is 0 Å². The lowest BCUT2D eigenvalue weighted by Crippen LogP contribution is -2.59. The highest BCUT2D eigenvalue weighted by Crippen LogP contribution is 2.53. The Kier molecular flexibility index (Phi) is 3.91. The van der Waals surface area contributed by atoms with Gasteiger partial charge in [-0.05, 0) is 25.2 Å². The van der Waals surface area contributed by atoms with E-state index in [0.29, 0.717) is 12.0 Å². The minimum absolute atomic E-state index is 0.0863. The van der Waals surface area contributed by atoms with Crippen LogP contribution in [0.15, 0.2) is 0 Å². The number of ether oxygens (including phenoxy) is 1. The third kappa shape index (κ3) is 2.28. The Hall–Kier alpha value is -0.0800. The minimum atomic E-state index is -0.0863. The molecule has 2 aliphatic rings. The lowest BCUT2D eigenvalue weighted by atomic mass is 9.56. The van der Waals surface area contributed by atoms with Crippen molar-refractivity contribution in [1.29, 1.82) is 0 Å². The summed E-state index contributed by atoms with van der Waals surface area (Å²) in [5, 5.41) is 10.0. The third-order valence-electron chi connectivity index (χ3n) is 4.54. The standard InChI is InChI=1S/C14H26O2/c1-11(2)6-9-16-13-10-12(15)14(13)7-4-3-5-8-14/h11-13,15H,3-10H2,1-2H3. The molecule has 0 aromatic heterocycles. The van der Waals surface area contributed by atoms with Crippen molar-refractivity contribution in [2.45, 2.75) is 71.0 Å². The summed E-state index contributed by atoms with van der Waals surface area (Å²) in [6.07, 6.45) is 8.54. The van der Waals surface area contributed by atoms with Crippen LogP contribution in [-0.2, 0) is 4.74 Å². The monoisotopic (exact) mass is 226 g/mol. The zero-order valence-electron chi connectivity index (χ0n) is 10.7. The Balaban J connectivity index is 1.81. The number of aliphatic hydroxyl groups is 1. The summed E-state index contributed by atoms with van der Waals surface area (Å²) < 4.78 is 5.99. The molecule has 16 heavy (non-hydrogen) atoms. The molecule has 0 bridgehead atoms. The van der Waals surface area contributed by atoms with Crippen LogP contribution in [0.2, 0.25) is 0 Å². The van der Waals surface area contributed by atoms with E-state index in [1.165, 1.54) is 32.1 Å². The van der Waals surface area contributed by atoms with E-state index < -0.39 is 0 Å². The Morgan fingerprint density at radius 3 is 2.50 bits per heavy atom. The van der Waals surface area contributed by atoms with Gasteiger partial charge in [0.1, 0.15) is 0 Å². The molecular weight excluding hydrogens is 200 g/mol. The van der Waals surface area contributed by atoms with Crippen LogP contribution in [0.25, 0.3) is 0 Å². The Morgan fingerprint density at radius 2 is 1.94 bits per heavy atom. The van der Waals surface area contributed by atoms with Crippen molar-refractivity contribution in [3.05, 3.63) is 0 Å². The van der Waals surface area contributed by atoms with E-state index in [4.69, 9.17) is 4.74 Å². The van der Waals surface area contributed by atoms with E-state index in [-0.39, 0.29) is 11.5 Å². The van der Waals surface area contributed by atoms with E-state index in [2.05, 4.69) is 13.8 Å². The van der Waals surface area contributed by atoms with Crippen LogP contribution >= 0.6 is 0 Å². The topological polar surface area (TPSA) is 29.5 Å². The first kappa shape index (κ1) is 12.4. The fraction of sp³-hybridized carbons (Fsp3) is 1.00. The van der Waals surface area contributed by atoms with E-state index in [0.717, 1.165) is 19.4 Å². The molecule has 0 aromatic rings. The van der Waals surface area contributed by atoms with Gasteiger partial charge in [-0.15, -0.1) is 0 Å². The molecule has 2 heteroatoms. The molecule has 0 saturated heterocycles.